The van der Waals surface area contributed by atoms with E-state index in [1.165, 1.54) is 0 Å². The molecule has 19 heavy (non-hydrogen) atoms. The van der Waals surface area contributed by atoms with Crippen LogP contribution >= 0.6 is 0 Å². The van der Waals surface area contributed by atoms with E-state index in [9.17, 15) is 9.59 Å². The fraction of sp³-hybridized carbons (Fsp3) is 0.857. The largest absolute Gasteiger partial charge is 0.395 e. The summed E-state index contributed by atoms with van der Waals surface area (Å²) < 4.78 is 0. The van der Waals surface area contributed by atoms with Crippen molar-refractivity contribution in [2.75, 3.05) is 19.7 Å². The molecule has 0 fully saturated rings. The van der Waals surface area contributed by atoms with Crippen LogP contribution in [0.2, 0.25) is 0 Å². The third-order valence-electron chi connectivity index (χ3n) is 2.91. The Kier molecular flexibility index (Phi) is 8.39. The lowest BCUT2D eigenvalue weighted by Crippen LogP contribution is -2.52. The molecule has 5 nitrogen and oxygen atoms in total. The van der Waals surface area contributed by atoms with Crippen LogP contribution in [0, 0.1) is 11.8 Å². The van der Waals surface area contributed by atoms with Crippen molar-refractivity contribution in [3.63, 3.8) is 0 Å². The van der Waals surface area contributed by atoms with Gasteiger partial charge in [-0.2, -0.15) is 0 Å². The standard InChI is InChI=1S/C14H28N2O3/c1-6-16(7-8-17)14(19)13(11(4)5)15-12(18)9-10(2)3/h10-11,13,17H,6-9H2,1-5H3,(H,15,18)/t13-/m0/s1. The molecule has 0 radical (unpaired) electrons. The van der Waals surface area contributed by atoms with Gasteiger partial charge >= 0.3 is 0 Å². The van der Waals surface area contributed by atoms with Crippen LogP contribution in [0.4, 0.5) is 0 Å². The maximum atomic E-state index is 12.3. The summed E-state index contributed by atoms with van der Waals surface area (Å²) in [6.07, 6.45) is 0.419. The molecule has 0 aliphatic rings. The molecule has 5 heteroatoms. The maximum absolute atomic E-state index is 12.3. The van der Waals surface area contributed by atoms with Gasteiger partial charge in [-0.1, -0.05) is 27.7 Å². The number of nitrogens with one attached hydrogen (secondary N) is 1. The van der Waals surface area contributed by atoms with Crippen molar-refractivity contribution in [3.05, 3.63) is 0 Å². The maximum Gasteiger partial charge on any atom is 0.245 e. The second-order valence-corrected chi connectivity index (χ2v) is 5.53. The normalized spacial score (nSPS) is 12.6. The monoisotopic (exact) mass is 272 g/mol. The minimum Gasteiger partial charge on any atom is -0.395 e. The Morgan fingerprint density at radius 1 is 1.21 bits per heavy atom. The Morgan fingerprint density at radius 2 is 1.79 bits per heavy atom. The van der Waals surface area contributed by atoms with E-state index in [0.29, 0.717) is 19.5 Å². The Labute approximate surface area is 116 Å². The van der Waals surface area contributed by atoms with Crippen molar-refractivity contribution in [2.45, 2.75) is 47.1 Å². The van der Waals surface area contributed by atoms with E-state index in [1.54, 1.807) is 4.90 Å². The Balaban J connectivity index is 4.71. The fourth-order valence-corrected chi connectivity index (χ4v) is 1.86. The van der Waals surface area contributed by atoms with Crippen LogP contribution < -0.4 is 5.32 Å². The predicted molar refractivity (Wildman–Crippen MR) is 75.6 cm³/mol. The van der Waals surface area contributed by atoms with Gasteiger partial charge in [-0.25, -0.2) is 0 Å². The van der Waals surface area contributed by atoms with E-state index in [2.05, 4.69) is 5.32 Å². The number of carbonyl (C=O) groups is 2. The molecule has 112 valence electrons. The molecule has 0 saturated heterocycles. The van der Waals surface area contributed by atoms with Crippen LogP contribution in [0.3, 0.4) is 0 Å². The zero-order valence-corrected chi connectivity index (χ0v) is 12.8. The lowest BCUT2D eigenvalue weighted by molar-refractivity contribution is -0.138. The number of aliphatic hydroxyl groups excluding tert-OH is 1. The van der Waals surface area contributed by atoms with Crippen LogP contribution in [0.1, 0.15) is 41.0 Å². The van der Waals surface area contributed by atoms with Gasteiger partial charge in [0.2, 0.25) is 11.8 Å². The van der Waals surface area contributed by atoms with Crippen molar-refractivity contribution >= 4 is 11.8 Å². The summed E-state index contributed by atoms with van der Waals surface area (Å²) in [7, 11) is 0. The highest BCUT2D eigenvalue weighted by Gasteiger charge is 2.27. The number of hydrogen-bond donors (Lipinski definition) is 2. The van der Waals surface area contributed by atoms with Crippen molar-refractivity contribution in [1.29, 1.82) is 0 Å². The summed E-state index contributed by atoms with van der Waals surface area (Å²) in [6, 6.07) is -0.516. The van der Waals surface area contributed by atoms with Crippen LogP contribution in [0.5, 0.6) is 0 Å². The topological polar surface area (TPSA) is 69.6 Å². The van der Waals surface area contributed by atoms with Crippen LogP contribution in [0.15, 0.2) is 0 Å². The van der Waals surface area contributed by atoms with Crippen LogP contribution in [-0.4, -0.2) is 47.6 Å². The average Bonchev–Trinajstić information content (AvgIpc) is 2.31. The molecule has 2 amide bonds. The first kappa shape index (κ1) is 17.9. The van der Waals surface area contributed by atoms with Crippen LogP contribution in [0.25, 0.3) is 0 Å². The molecule has 0 rings (SSSR count). The van der Waals surface area contributed by atoms with Crippen molar-refractivity contribution < 1.29 is 14.7 Å². The zero-order chi connectivity index (χ0) is 15.0. The van der Waals surface area contributed by atoms with Gasteiger partial charge in [-0.15, -0.1) is 0 Å². The number of aliphatic hydroxyl groups is 1. The lowest BCUT2D eigenvalue weighted by atomic mass is 10.0. The van der Waals surface area contributed by atoms with Gasteiger partial charge in [0.1, 0.15) is 6.04 Å². The number of amides is 2. The Bertz CT molecular complexity index is 290. The first-order valence-electron chi connectivity index (χ1n) is 7.02. The number of hydrogen-bond acceptors (Lipinski definition) is 3. The molecular formula is C14H28N2O3. The summed E-state index contributed by atoms with van der Waals surface area (Å²) in [5.74, 6) is 0.0738. The summed E-state index contributed by atoms with van der Waals surface area (Å²) in [5, 5.41) is 11.8. The molecule has 0 aromatic heterocycles. The first-order chi connectivity index (χ1) is 8.83. The van der Waals surface area contributed by atoms with E-state index in [1.807, 2.05) is 34.6 Å². The fourth-order valence-electron chi connectivity index (χ4n) is 1.86. The summed E-state index contributed by atoms with van der Waals surface area (Å²) >= 11 is 0. The highest BCUT2D eigenvalue weighted by molar-refractivity contribution is 5.87. The molecule has 0 saturated carbocycles. The quantitative estimate of drug-likeness (QED) is 0.693. The van der Waals surface area contributed by atoms with Gasteiger partial charge in [0.05, 0.1) is 6.61 Å². The number of carbonyl (C=O) groups excluding carboxylic acids is 2. The second-order valence-electron chi connectivity index (χ2n) is 5.53. The van der Waals surface area contributed by atoms with Crippen LogP contribution in [-0.2, 0) is 9.59 Å². The van der Waals surface area contributed by atoms with Gasteiger partial charge in [0, 0.05) is 19.5 Å². The number of nitrogens with zero attached hydrogens (tertiary/aromatic N) is 1. The second kappa shape index (κ2) is 8.91. The zero-order valence-electron chi connectivity index (χ0n) is 12.8. The van der Waals surface area contributed by atoms with Crippen molar-refractivity contribution in [2.24, 2.45) is 11.8 Å². The van der Waals surface area contributed by atoms with E-state index in [4.69, 9.17) is 5.11 Å². The molecule has 2 N–H and O–H groups in total. The molecule has 0 heterocycles. The van der Waals surface area contributed by atoms with Crippen molar-refractivity contribution in [3.8, 4) is 0 Å². The minimum atomic E-state index is -0.516. The molecule has 0 spiro atoms. The minimum absolute atomic E-state index is 0.0244. The van der Waals surface area contributed by atoms with E-state index < -0.39 is 6.04 Å². The molecule has 0 aliphatic heterocycles. The summed E-state index contributed by atoms with van der Waals surface area (Å²) in [4.78, 5) is 25.7. The molecule has 0 bridgehead atoms. The molecule has 0 aliphatic carbocycles. The van der Waals surface area contributed by atoms with Crippen molar-refractivity contribution in [1.82, 2.24) is 10.2 Å². The Hall–Kier alpha value is -1.10. The number of likely N-dealkylation sites (N-methyl/N-ethyl adjacent to an activating group) is 1. The van der Waals surface area contributed by atoms with Gasteiger partial charge in [0.25, 0.3) is 0 Å². The average molecular weight is 272 g/mol. The third-order valence-corrected chi connectivity index (χ3v) is 2.91. The smallest absolute Gasteiger partial charge is 0.245 e. The van der Waals surface area contributed by atoms with Gasteiger partial charge in [-0.05, 0) is 18.8 Å². The predicted octanol–water partition coefficient (Wildman–Crippen LogP) is 1.01. The lowest BCUT2D eigenvalue weighted by Gasteiger charge is -2.28. The third kappa shape index (κ3) is 6.57. The van der Waals surface area contributed by atoms with E-state index in [0.717, 1.165) is 0 Å². The molecular weight excluding hydrogens is 244 g/mol. The molecule has 0 unspecified atom stereocenters. The molecule has 1 atom stereocenters. The van der Waals surface area contributed by atoms with E-state index in [-0.39, 0.29) is 30.3 Å². The Morgan fingerprint density at radius 3 is 2.16 bits per heavy atom. The first-order valence-corrected chi connectivity index (χ1v) is 7.02. The summed E-state index contributed by atoms with van der Waals surface area (Å²) in [5.41, 5.74) is 0. The SMILES string of the molecule is CCN(CCO)C(=O)[C@@H](NC(=O)CC(C)C)C(C)C. The number of rotatable bonds is 8. The van der Waals surface area contributed by atoms with E-state index >= 15 is 0 Å². The molecule has 0 aromatic carbocycles. The van der Waals surface area contributed by atoms with Gasteiger partial charge in [-0.3, -0.25) is 9.59 Å². The van der Waals surface area contributed by atoms with Gasteiger partial charge in [0.15, 0.2) is 0 Å². The highest BCUT2D eigenvalue weighted by atomic mass is 16.3. The molecule has 0 aromatic rings. The highest BCUT2D eigenvalue weighted by Crippen LogP contribution is 2.08. The van der Waals surface area contributed by atoms with Gasteiger partial charge < -0.3 is 15.3 Å². The summed E-state index contributed by atoms with van der Waals surface area (Å²) in [6.45, 7) is 10.4.